The molecule has 1 aliphatic heterocycles. The molecule has 1 unspecified atom stereocenters. The molecule has 0 spiro atoms. The number of hydrogen-bond acceptors (Lipinski definition) is 4. The highest BCUT2D eigenvalue weighted by Crippen LogP contribution is 2.29. The molecule has 0 aliphatic carbocycles. The van der Waals surface area contributed by atoms with Crippen LogP contribution in [0, 0.1) is 0 Å². The molecule has 0 aromatic carbocycles. The number of β-amino-alcohol motifs (C(OH)–C–C–N with tert-alkyl or cyclic N) is 1. The van der Waals surface area contributed by atoms with Crippen LogP contribution in [-0.4, -0.2) is 29.3 Å². The maximum atomic E-state index is 10.6. The lowest BCUT2D eigenvalue weighted by Crippen LogP contribution is -2.42. The Morgan fingerprint density at radius 3 is 2.87 bits per heavy atom. The Labute approximate surface area is 86.7 Å². The van der Waals surface area contributed by atoms with Gasteiger partial charge in [0.05, 0.1) is 0 Å². The molecule has 1 saturated heterocycles. The van der Waals surface area contributed by atoms with Gasteiger partial charge in [-0.05, 0) is 31.5 Å². The van der Waals surface area contributed by atoms with Gasteiger partial charge in [0, 0.05) is 6.54 Å². The summed E-state index contributed by atoms with van der Waals surface area (Å²) >= 11 is 0. The number of furan rings is 1. The minimum absolute atomic E-state index is 0.135. The van der Waals surface area contributed by atoms with Gasteiger partial charge in [0.2, 0.25) is 5.76 Å². The lowest BCUT2D eigenvalue weighted by Gasteiger charge is -2.30. The van der Waals surface area contributed by atoms with Gasteiger partial charge in [-0.1, -0.05) is 0 Å². The molecule has 82 valence electrons. The summed E-state index contributed by atoms with van der Waals surface area (Å²) in [5, 5.41) is 21.9. The monoisotopic (exact) mass is 211 g/mol. The average Bonchev–Trinajstić information content (AvgIpc) is 2.68. The van der Waals surface area contributed by atoms with Crippen molar-refractivity contribution in [2.75, 3.05) is 13.1 Å². The molecule has 1 aromatic rings. The number of carboxylic acids is 1. The second kappa shape index (κ2) is 3.67. The number of nitrogens with one attached hydrogen (secondary N) is 1. The van der Waals surface area contributed by atoms with E-state index in [0.717, 1.165) is 13.0 Å². The van der Waals surface area contributed by atoms with E-state index in [9.17, 15) is 9.90 Å². The predicted molar refractivity (Wildman–Crippen MR) is 51.7 cm³/mol. The Kier molecular flexibility index (Phi) is 2.50. The summed E-state index contributed by atoms with van der Waals surface area (Å²) in [6, 6.07) is 2.89. The van der Waals surface area contributed by atoms with E-state index in [0.29, 0.717) is 18.7 Å². The first-order chi connectivity index (χ1) is 7.12. The Morgan fingerprint density at radius 2 is 2.33 bits per heavy atom. The fourth-order valence-electron chi connectivity index (χ4n) is 1.80. The normalized spacial score (nSPS) is 26.5. The maximum absolute atomic E-state index is 10.6. The highest BCUT2D eigenvalue weighted by Gasteiger charge is 2.34. The van der Waals surface area contributed by atoms with Gasteiger partial charge in [0.25, 0.3) is 0 Å². The molecule has 0 bridgehead atoms. The van der Waals surface area contributed by atoms with Gasteiger partial charge < -0.3 is 19.9 Å². The van der Waals surface area contributed by atoms with E-state index >= 15 is 0 Å². The summed E-state index contributed by atoms with van der Waals surface area (Å²) in [6.45, 7) is 1.27. The number of carboxylic acid groups (broad SMARTS) is 1. The molecular formula is C10H13NO4. The van der Waals surface area contributed by atoms with E-state index in [1.807, 2.05) is 0 Å². The van der Waals surface area contributed by atoms with E-state index in [-0.39, 0.29) is 5.76 Å². The number of aliphatic hydroxyl groups is 1. The van der Waals surface area contributed by atoms with Crippen molar-refractivity contribution >= 4 is 5.97 Å². The van der Waals surface area contributed by atoms with E-state index in [1.54, 1.807) is 0 Å². The number of carbonyl (C=O) groups is 1. The fraction of sp³-hybridized carbons (Fsp3) is 0.500. The van der Waals surface area contributed by atoms with Crippen molar-refractivity contribution in [2.45, 2.75) is 18.4 Å². The molecule has 1 fully saturated rings. The van der Waals surface area contributed by atoms with Gasteiger partial charge in [-0.3, -0.25) is 0 Å². The van der Waals surface area contributed by atoms with Gasteiger partial charge in [-0.2, -0.15) is 0 Å². The van der Waals surface area contributed by atoms with Crippen LogP contribution in [0.5, 0.6) is 0 Å². The Bertz CT molecular complexity index is 365. The quantitative estimate of drug-likeness (QED) is 0.665. The van der Waals surface area contributed by atoms with Crippen LogP contribution in [0.25, 0.3) is 0 Å². The first kappa shape index (κ1) is 10.2. The van der Waals surface area contributed by atoms with Crippen molar-refractivity contribution in [3.05, 3.63) is 23.7 Å². The van der Waals surface area contributed by atoms with E-state index in [2.05, 4.69) is 5.32 Å². The van der Waals surface area contributed by atoms with Crippen LogP contribution in [0.1, 0.15) is 29.2 Å². The summed E-state index contributed by atoms with van der Waals surface area (Å²) in [5.41, 5.74) is -1.06. The Balaban J connectivity index is 2.23. The molecule has 0 amide bonds. The summed E-state index contributed by atoms with van der Waals surface area (Å²) < 4.78 is 5.10. The van der Waals surface area contributed by atoms with Crippen LogP contribution < -0.4 is 5.32 Å². The Morgan fingerprint density at radius 1 is 1.53 bits per heavy atom. The van der Waals surface area contributed by atoms with E-state index < -0.39 is 11.6 Å². The molecule has 5 heteroatoms. The minimum Gasteiger partial charge on any atom is -0.475 e. The van der Waals surface area contributed by atoms with Crippen LogP contribution in [0.3, 0.4) is 0 Å². The first-order valence-electron chi connectivity index (χ1n) is 4.88. The molecule has 5 nitrogen and oxygen atoms in total. The van der Waals surface area contributed by atoms with Gasteiger partial charge in [-0.25, -0.2) is 4.79 Å². The first-order valence-corrected chi connectivity index (χ1v) is 4.88. The zero-order valence-electron chi connectivity index (χ0n) is 8.19. The molecule has 2 rings (SSSR count). The lowest BCUT2D eigenvalue weighted by atomic mass is 9.92. The second-order valence-electron chi connectivity index (χ2n) is 3.78. The van der Waals surface area contributed by atoms with Crippen molar-refractivity contribution in [2.24, 2.45) is 0 Å². The van der Waals surface area contributed by atoms with Gasteiger partial charge in [0.15, 0.2) is 0 Å². The van der Waals surface area contributed by atoms with Crippen LogP contribution in [-0.2, 0) is 5.60 Å². The maximum Gasteiger partial charge on any atom is 0.371 e. The van der Waals surface area contributed by atoms with Crippen LogP contribution in [0.2, 0.25) is 0 Å². The number of aromatic carboxylic acids is 1. The molecule has 1 atom stereocenters. The second-order valence-corrected chi connectivity index (χ2v) is 3.78. The molecular weight excluding hydrogens is 198 g/mol. The molecule has 0 saturated carbocycles. The zero-order valence-corrected chi connectivity index (χ0v) is 8.19. The topological polar surface area (TPSA) is 82.7 Å². The molecule has 2 heterocycles. The van der Waals surface area contributed by atoms with Gasteiger partial charge >= 0.3 is 5.97 Å². The highest BCUT2D eigenvalue weighted by molar-refractivity contribution is 5.84. The number of rotatable bonds is 2. The summed E-state index contributed by atoms with van der Waals surface area (Å²) in [6.07, 6.45) is 1.44. The number of hydrogen-bond donors (Lipinski definition) is 3. The average molecular weight is 211 g/mol. The summed E-state index contributed by atoms with van der Waals surface area (Å²) in [7, 11) is 0. The third-order valence-electron chi connectivity index (χ3n) is 2.64. The highest BCUT2D eigenvalue weighted by atomic mass is 16.4. The molecule has 1 aliphatic rings. The fourth-order valence-corrected chi connectivity index (χ4v) is 1.80. The summed E-state index contributed by atoms with van der Waals surface area (Å²) in [5.74, 6) is -0.926. The van der Waals surface area contributed by atoms with Gasteiger partial charge in [-0.15, -0.1) is 0 Å². The zero-order chi connectivity index (χ0) is 10.9. The van der Waals surface area contributed by atoms with Gasteiger partial charge in [0.1, 0.15) is 11.4 Å². The van der Waals surface area contributed by atoms with Crippen molar-refractivity contribution in [1.29, 1.82) is 0 Å². The number of piperidine rings is 1. The summed E-state index contributed by atoms with van der Waals surface area (Å²) in [4.78, 5) is 10.6. The SMILES string of the molecule is O=C(O)c1ccc(C2(O)CCCNC2)o1. The lowest BCUT2D eigenvalue weighted by molar-refractivity contribution is -0.00846. The van der Waals surface area contributed by atoms with Crippen molar-refractivity contribution < 1.29 is 19.4 Å². The molecule has 0 radical (unpaired) electrons. The largest absolute Gasteiger partial charge is 0.475 e. The van der Waals surface area contributed by atoms with Crippen molar-refractivity contribution in [3.8, 4) is 0 Å². The van der Waals surface area contributed by atoms with Crippen molar-refractivity contribution in [1.82, 2.24) is 5.32 Å². The molecule has 1 aromatic heterocycles. The van der Waals surface area contributed by atoms with Crippen molar-refractivity contribution in [3.63, 3.8) is 0 Å². The predicted octanol–water partition coefficient (Wildman–Crippen LogP) is 0.549. The van der Waals surface area contributed by atoms with Crippen LogP contribution in [0.4, 0.5) is 0 Å². The minimum atomic E-state index is -1.12. The molecule has 3 N–H and O–H groups in total. The molecule has 15 heavy (non-hydrogen) atoms. The third kappa shape index (κ3) is 1.88. The van der Waals surface area contributed by atoms with Crippen LogP contribution in [0.15, 0.2) is 16.5 Å². The van der Waals surface area contributed by atoms with E-state index in [1.165, 1.54) is 12.1 Å². The van der Waals surface area contributed by atoms with E-state index in [4.69, 9.17) is 9.52 Å². The standard InChI is InChI=1S/C10H13NO4/c12-9(13)7-2-3-8(15-7)10(14)4-1-5-11-6-10/h2-3,11,14H,1,4-6H2,(H,12,13). The Hall–Kier alpha value is -1.33. The smallest absolute Gasteiger partial charge is 0.371 e. The third-order valence-corrected chi connectivity index (χ3v) is 2.64. The van der Waals surface area contributed by atoms with Crippen LogP contribution >= 0.6 is 0 Å².